The van der Waals surface area contributed by atoms with Gasteiger partial charge in [-0.3, -0.25) is 15.0 Å². The Morgan fingerprint density at radius 1 is 1.20 bits per heavy atom. The molecule has 0 radical (unpaired) electrons. The Kier molecular flexibility index (Phi) is 4.91. The van der Waals surface area contributed by atoms with Gasteiger partial charge in [0.1, 0.15) is 0 Å². The van der Waals surface area contributed by atoms with Crippen LogP contribution in [0.1, 0.15) is 12.8 Å². The van der Waals surface area contributed by atoms with Gasteiger partial charge in [-0.05, 0) is 25.1 Å². The molecule has 6 heteroatoms. The number of nitro groups is 1. The third-order valence-electron chi connectivity index (χ3n) is 3.56. The summed E-state index contributed by atoms with van der Waals surface area (Å²) >= 11 is 0. The van der Waals surface area contributed by atoms with E-state index < -0.39 is 0 Å². The number of non-ortho nitro benzene ring substituents is 1. The molecule has 2 rings (SSSR count). The van der Waals surface area contributed by atoms with Crippen LogP contribution in [0.5, 0.6) is 0 Å². The molecule has 106 valence electrons. The number of nitriles is 1. The molecule has 0 N–H and O–H groups in total. The van der Waals surface area contributed by atoms with Crippen molar-refractivity contribution in [2.75, 3.05) is 37.6 Å². The zero-order valence-corrected chi connectivity index (χ0v) is 11.4. The Bertz CT molecular complexity index is 487. The Balaban J connectivity index is 1.84. The third kappa shape index (κ3) is 3.68. The van der Waals surface area contributed by atoms with Crippen LogP contribution < -0.4 is 4.90 Å². The van der Waals surface area contributed by atoms with Crippen molar-refractivity contribution in [2.45, 2.75) is 12.8 Å². The number of anilines is 1. The van der Waals surface area contributed by atoms with E-state index >= 15 is 0 Å². The van der Waals surface area contributed by atoms with Gasteiger partial charge in [0.2, 0.25) is 0 Å². The fourth-order valence-corrected chi connectivity index (χ4v) is 2.40. The highest BCUT2D eigenvalue weighted by Crippen LogP contribution is 2.20. The molecule has 0 atom stereocenters. The van der Waals surface area contributed by atoms with Gasteiger partial charge in [0.15, 0.2) is 0 Å². The van der Waals surface area contributed by atoms with E-state index in [2.05, 4.69) is 15.9 Å². The van der Waals surface area contributed by atoms with E-state index in [4.69, 9.17) is 5.26 Å². The number of nitrogens with zero attached hydrogens (tertiary/aromatic N) is 4. The molecular weight excluding hydrogens is 256 g/mol. The van der Waals surface area contributed by atoms with Crippen LogP contribution in [0, 0.1) is 21.4 Å². The van der Waals surface area contributed by atoms with Gasteiger partial charge in [0, 0.05) is 50.4 Å². The van der Waals surface area contributed by atoms with Crippen LogP contribution in [0.3, 0.4) is 0 Å². The second-order valence-electron chi connectivity index (χ2n) is 4.86. The van der Waals surface area contributed by atoms with E-state index in [1.807, 2.05) is 12.1 Å². The van der Waals surface area contributed by atoms with Crippen LogP contribution in [0.2, 0.25) is 0 Å². The lowest BCUT2D eigenvalue weighted by atomic mass is 10.2. The molecule has 0 aromatic heterocycles. The summed E-state index contributed by atoms with van der Waals surface area (Å²) in [5.41, 5.74) is 1.16. The van der Waals surface area contributed by atoms with Crippen molar-refractivity contribution in [3.8, 4) is 6.07 Å². The molecule has 1 aromatic rings. The molecule has 6 nitrogen and oxygen atoms in total. The van der Waals surface area contributed by atoms with Crippen LogP contribution in [0.4, 0.5) is 11.4 Å². The summed E-state index contributed by atoms with van der Waals surface area (Å²) in [7, 11) is 0. The second-order valence-corrected chi connectivity index (χ2v) is 4.86. The molecule has 1 aliphatic heterocycles. The number of rotatable bonds is 5. The topological polar surface area (TPSA) is 73.4 Å². The summed E-state index contributed by atoms with van der Waals surface area (Å²) < 4.78 is 0. The molecule has 1 aromatic carbocycles. The van der Waals surface area contributed by atoms with Gasteiger partial charge >= 0.3 is 0 Å². The van der Waals surface area contributed by atoms with Crippen molar-refractivity contribution in [2.24, 2.45) is 0 Å². The smallest absolute Gasteiger partial charge is 0.269 e. The predicted molar refractivity (Wildman–Crippen MR) is 76.6 cm³/mol. The zero-order valence-electron chi connectivity index (χ0n) is 11.4. The summed E-state index contributed by atoms with van der Waals surface area (Å²) in [5.74, 6) is 0. The zero-order chi connectivity index (χ0) is 14.4. The summed E-state index contributed by atoms with van der Waals surface area (Å²) in [6.07, 6.45) is 1.54. The summed E-state index contributed by atoms with van der Waals surface area (Å²) in [6.45, 7) is 4.77. The first kappa shape index (κ1) is 14.3. The van der Waals surface area contributed by atoms with Crippen LogP contribution >= 0.6 is 0 Å². The lowest BCUT2D eigenvalue weighted by molar-refractivity contribution is -0.384. The largest absolute Gasteiger partial charge is 0.369 e. The van der Waals surface area contributed by atoms with Crippen LogP contribution in [-0.4, -0.2) is 42.5 Å². The van der Waals surface area contributed by atoms with E-state index in [1.165, 1.54) is 0 Å². The van der Waals surface area contributed by atoms with Crippen molar-refractivity contribution in [3.63, 3.8) is 0 Å². The molecule has 0 aliphatic carbocycles. The highest BCUT2D eigenvalue weighted by atomic mass is 16.6. The average molecular weight is 274 g/mol. The third-order valence-corrected chi connectivity index (χ3v) is 3.56. The maximum Gasteiger partial charge on any atom is 0.269 e. The molecule has 0 bridgehead atoms. The van der Waals surface area contributed by atoms with Crippen molar-refractivity contribution < 1.29 is 4.92 Å². The number of hydrogen-bond donors (Lipinski definition) is 0. The maximum absolute atomic E-state index is 10.6. The monoisotopic (exact) mass is 274 g/mol. The highest BCUT2D eigenvalue weighted by Gasteiger charge is 2.17. The van der Waals surface area contributed by atoms with E-state index in [1.54, 1.807) is 12.1 Å². The molecule has 1 saturated heterocycles. The molecule has 1 fully saturated rings. The molecule has 0 amide bonds. The Hall–Kier alpha value is -2.13. The Labute approximate surface area is 118 Å². The predicted octanol–water partition coefficient (Wildman–Crippen LogP) is 2.02. The van der Waals surface area contributed by atoms with E-state index in [-0.39, 0.29) is 10.6 Å². The number of piperazine rings is 1. The minimum atomic E-state index is -0.378. The minimum absolute atomic E-state index is 0.129. The number of hydrogen-bond acceptors (Lipinski definition) is 5. The normalized spacial score (nSPS) is 15.8. The van der Waals surface area contributed by atoms with E-state index in [9.17, 15) is 10.1 Å². The molecule has 1 aliphatic rings. The van der Waals surface area contributed by atoms with E-state index in [0.29, 0.717) is 6.42 Å². The Morgan fingerprint density at radius 3 is 2.40 bits per heavy atom. The number of benzene rings is 1. The average Bonchev–Trinajstić information content (AvgIpc) is 2.48. The lowest BCUT2D eigenvalue weighted by Crippen LogP contribution is -2.46. The van der Waals surface area contributed by atoms with E-state index in [0.717, 1.165) is 44.8 Å². The quantitative estimate of drug-likeness (QED) is 0.466. The Morgan fingerprint density at radius 2 is 1.85 bits per heavy atom. The standard InChI is InChI=1S/C14H18N4O2/c15-7-1-2-8-16-9-11-17(12-10-16)13-3-5-14(6-4-13)18(19)20/h3-6H,1-2,8-12H2. The second kappa shape index (κ2) is 6.87. The van der Waals surface area contributed by atoms with Crippen molar-refractivity contribution in [1.82, 2.24) is 4.90 Å². The summed E-state index contributed by atoms with van der Waals surface area (Å²) in [5, 5.41) is 19.1. The van der Waals surface area contributed by atoms with Crippen LogP contribution in [0.15, 0.2) is 24.3 Å². The maximum atomic E-state index is 10.6. The molecule has 0 unspecified atom stereocenters. The van der Waals surface area contributed by atoms with Crippen molar-refractivity contribution >= 4 is 11.4 Å². The lowest BCUT2D eigenvalue weighted by Gasteiger charge is -2.36. The fraction of sp³-hybridized carbons (Fsp3) is 0.500. The molecule has 0 spiro atoms. The fourth-order valence-electron chi connectivity index (χ4n) is 2.40. The van der Waals surface area contributed by atoms with Crippen molar-refractivity contribution in [1.29, 1.82) is 5.26 Å². The molecule has 1 heterocycles. The van der Waals surface area contributed by atoms with Crippen LogP contribution in [-0.2, 0) is 0 Å². The molecular formula is C14H18N4O2. The summed E-state index contributed by atoms with van der Waals surface area (Å²) in [4.78, 5) is 14.8. The SMILES string of the molecule is N#CCCCN1CCN(c2ccc([N+](=O)[O-])cc2)CC1. The van der Waals surface area contributed by atoms with Gasteiger partial charge in [0.05, 0.1) is 11.0 Å². The van der Waals surface area contributed by atoms with Gasteiger partial charge in [-0.1, -0.05) is 0 Å². The minimum Gasteiger partial charge on any atom is -0.369 e. The van der Waals surface area contributed by atoms with Gasteiger partial charge in [-0.2, -0.15) is 5.26 Å². The molecule has 0 saturated carbocycles. The van der Waals surface area contributed by atoms with Gasteiger partial charge in [-0.15, -0.1) is 0 Å². The first-order valence-corrected chi connectivity index (χ1v) is 6.79. The van der Waals surface area contributed by atoms with Crippen LogP contribution in [0.25, 0.3) is 0 Å². The molecule has 20 heavy (non-hydrogen) atoms. The van der Waals surface area contributed by atoms with Gasteiger partial charge in [0.25, 0.3) is 5.69 Å². The number of nitro benzene ring substituents is 1. The summed E-state index contributed by atoms with van der Waals surface area (Å²) in [6, 6.07) is 8.88. The van der Waals surface area contributed by atoms with Gasteiger partial charge in [-0.25, -0.2) is 0 Å². The van der Waals surface area contributed by atoms with Crippen molar-refractivity contribution in [3.05, 3.63) is 34.4 Å². The van der Waals surface area contributed by atoms with Gasteiger partial charge < -0.3 is 4.90 Å². The first-order valence-electron chi connectivity index (χ1n) is 6.79. The highest BCUT2D eigenvalue weighted by molar-refractivity contribution is 5.51. The number of unbranched alkanes of at least 4 members (excludes halogenated alkanes) is 1. The first-order chi connectivity index (χ1) is 9.70.